The molecular weight excluding hydrogens is 393 g/mol. The molecule has 3 aromatic carbocycles. The first kappa shape index (κ1) is 20.3. The van der Waals surface area contributed by atoms with Crippen LogP contribution in [0.1, 0.15) is 26.3 Å². The van der Waals surface area contributed by atoms with Crippen molar-refractivity contribution in [2.75, 3.05) is 0 Å². The van der Waals surface area contributed by atoms with E-state index in [1.807, 2.05) is 0 Å². The molecule has 1 amide bonds. The number of rotatable bonds is 6. The summed E-state index contributed by atoms with van der Waals surface area (Å²) >= 11 is 0. The average molecular weight is 407 g/mol. The summed E-state index contributed by atoms with van der Waals surface area (Å²) in [6, 6.07) is 16.4. The second-order valence-corrected chi connectivity index (χ2v) is 5.97. The SMILES string of the molecule is O=C(N/N=C/c1cccc(OC(=O)c2ccc([N+](=O)[O-])cc2)c1)c1ccc(F)cc1. The van der Waals surface area contributed by atoms with E-state index in [0.717, 1.165) is 0 Å². The van der Waals surface area contributed by atoms with Crippen molar-refractivity contribution in [3.8, 4) is 5.75 Å². The Balaban J connectivity index is 1.61. The molecule has 3 rings (SSSR count). The van der Waals surface area contributed by atoms with Crippen LogP contribution in [0.15, 0.2) is 77.9 Å². The highest BCUT2D eigenvalue weighted by Gasteiger charge is 2.11. The monoisotopic (exact) mass is 407 g/mol. The van der Waals surface area contributed by atoms with Crippen molar-refractivity contribution >= 4 is 23.8 Å². The lowest BCUT2D eigenvalue weighted by molar-refractivity contribution is -0.384. The molecule has 0 saturated heterocycles. The lowest BCUT2D eigenvalue weighted by atomic mass is 10.2. The largest absolute Gasteiger partial charge is 0.423 e. The first-order chi connectivity index (χ1) is 14.4. The van der Waals surface area contributed by atoms with Gasteiger partial charge in [-0.25, -0.2) is 14.6 Å². The third kappa shape index (κ3) is 5.32. The number of nitrogens with zero attached hydrogens (tertiary/aromatic N) is 2. The number of hydrogen-bond acceptors (Lipinski definition) is 6. The van der Waals surface area contributed by atoms with Gasteiger partial charge in [-0.05, 0) is 54.1 Å². The summed E-state index contributed by atoms with van der Waals surface area (Å²) < 4.78 is 18.1. The molecule has 0 aliphatic carbocycles. The number of non-ortho nitro benzene ring substituents is 1. The highest BCUT2D eigenvalue weighted by Crippen LogP contribution is 2.16. The van der Waals surface area contributed by atoms with Crippen LogP contribution in [-0.4, -0.2) is 23.0 Å². The molecule has 0 aliphatic rings. The summed E-state index contributed by atoms with van der Waals surface area (Å²) in [5.41, 5.74) is 3.13. The Hall–Kier alpha value is -4.40. The molecule has 9 heteroatoms. The van der Waals surface area contributed by atoms with Crippen LogP contribution in [-0.2, 0) is 0 Å². The van der Waals surface area contributed by atoms with Gasteiger partial charge < -0.3 is 4.74 Å². The molecule has 0 heterocycles. The van der Waals surface area contributed by atoms with Crippen LogP contribution < -0.4 is 10.2 Å². The van der Waals surface area contributed by atoms with E-state index < -0.39 is 22.6 Å². The summed E-state index contributed by atoms with van der Waals surface area (Å²) in [4.78, 5) is 34.2. The third-order valence-corrected chi connectivity index (χ3v) is 3.87. The van der Waals surface area contributed by atoms with Crippen molar-refractivity contribution in [2.45, 2.75) is 0 Å². The molecule has 0 bridgehead atoms. The molecule has 1 N–H and O–H groups in total. The number of carbonyl (C=O) groups excluding carboxylic acids is 2. The molecule has 0 radical (unpaired) electrons. The van der Waals surface area contributed by atoms with Gasteiger partial charge in [0.15, 0.2) is 0 Å². The Bertz CT molecular complexity index is 1110. The summed E-state index contributed by atoms with van der Waals surface area (Å²) in [5.74, 6) is -1.40. The lowest BCUT2D eigenvalue weighted by Gasteiger charge is -2.05. The van der Waals surface area contributed by atoms with Gasteiger partial charge in [0.2, 0.25) is 0 Å². The van der Waals surface area contributed by atoms with Crippen LogP contribution in [0.4, 0.5) is 10.1 Å². The molecule has 0 saturated carbocycles. The second-order valence-electron chi connectivity index (χ2n) is 5.97. The van der Waals surface area contributed by atoms with Crippen molar-refractivity contribution in [3.63, 3.8) is 0 Å². The summed E-state index contributed by atoms with van der Waals surface area (Å²) in [6.45, 7) is 0. The molecular formula is C21H14FN3O5. The van der Waals surface area contributed by atoms with Crippen molar-refractivity contribution in [3.05, 3.63) is 105 Å². The Kier molecular flexibility index (Phi) is 6.23. The van der Waals surface area contributed by atoms with Crippen molar-refractivity contribution in [2.24, 2.45) is 5.10 Å². The summed E-state index contributed by atoms with van der Waals surface area (Å²) in [5, 5.41) is 14.5. The van der Waals surface area contributed by atoms with E-state index in [4.69, 9.17) is 4.74 Å². The lowest BCUT2D eigenvalue weighted by Crippen LogP contribution is -2.17. The second kappa shape index (κ2) is 9.20. The van der Waals surface area contributed by atoms with E-state index in [2.05, 4.69) is 10.5 Å². The van der Waals surface area contributed by atoms with Crippen LogP contribution in [0.2, 0.25) is 0 Å². The van der Waals surface area contributed by atoms with Gasteiger partial charge in [-0.1, -0.05) is 12.1 Å². The van der Waals surface area contributed by atoms with Gasteiger partial charge in [0.1, 0.15) is 11.6 Å². The van der Waals surface area contributed by atoms with Crippen molar-refractivity contribution in [1.29, 1.82) is 0 Å². The van der Waals surface area contributed by atoms with Crippen LogP contribution in [0.5, 0.6) is 5.75 Å². The number of esters is 1. The van der Waals surface area contributed by atoms with Gasteiger partial charge in [0, 0.05) is 17.7 Å². The Morgan fingerprint density at radius 3 is 2.33 bits per heavy atom. The topological polar surface area (TPSA) is 111 Å². The third-order valence-electron chi connectivity index (χ3n) is 3.87. The molecule has 3 aromatic rings. The zero-order valence-corrected chi connectivity index (χ0v) is 15.3. The van der Waals surface area contributed by atoms with Gasteiger partial charge >= 0.3 is 5.97 Å². The van der Waals surface area contributed by atoms with E-state index in [-0.39, 0.29) is 22.6 Å². The van der Waals surface area contributed by atoms with E-state index in [1.165, 1.54) is 60.8 Å². The fraction of sp³-hybridized carbons (Fsp3) is 0. The minimum absolute atomic E-state index is 0.132. The van der Waals surface area contributed by atoms with Crippen molar-refractivity contribution in [1.82, 2.24) is 5.43 Å². The van der Waals surface area contributed by atoms with E-state index in [0.29, 0.717) is 5.56 Å². The quantitative estimate of drug-likeness (QED) is 0.220. The average Bonchev–Trinajstić information content (AvgIpc) is 2.74. The minimum atomic E-state index is -0.677. The molecule has 0 aromatic heterocycles. The molecule has 8 nitrogen and oxygen atoms in total. The molecule has 0 fully saturated rings. The van der Waals surface area contributed by atoms with Gasteiger partial charge in [0.05, 0.1) is 16.7 Å². The van der Waals surface area contributed by atoms with Gasteiger partial charge in [-0.2, -0.15) is 5.10 Å². The molecule has 0 spiro atoms. The number of halogens is 1. The standard InChI is InChI=1S/C21H14FN3O5/c22-17-8-4-15(5-9-17)20(26)24-23-13-14-2-1-3-19(12-14)30-21(27)16-6-10-18(11-7-16)25(28)29/h1-13H,(H,24,26)/b23-13+. The molecule has 30 heavy (non-hydrogen) atoms. The summed E-state index contributed by atoms with van der Waals surface area (Å²) in [7, 11) is 0. The molecule has 0 atom stereocenters. The Morgan fingerprint density at radius 2 is 1.67 bits per heavy atom. The van der Waals surface area contributed by atoms with Crippen LogP contribution in [0.25, 0.3) is 0 Å². The number of benzene rings is 3. The number of hydrogen-bond donors (Lipinski definition) is 1. The first-order valence-electron chi connectivity index (χ1n) is 8.58. The number of nitro benzene ring substituents is 1. The normalized spacial score (nSPS) is 10.6. The molecule has 0 unspecified atom stereocenters. The highest BCUT2D eigenvalue weighted by molar-refractivity contribution is 5.95. The zero-order valence-electron chi connectivity index (χ0n) is 15.3. The maximum Gasteiger partial charge on any atom is 0.343 e. The number of ether oxygens (including phenoxy) is 1. The van der Waals surface area contributed by atoms with Gasteiger partial charge in [-0.15, -0.1) is 0 Å². The van der Waals surface area contributed by atoms with E-state index in [1.54, 1.807) is 18.2 Å². The van der Waals surface area contributed by atoms with E-state index >= 15 is 0 Å². The predicted octanol–water partition coefficient (Wildman–Crippen LogP) is 3.72. The number of nitro groups is 1. The summed E-state index contributed by atoms with van der Waals surface area (Å²) in [6.07, 6.45) is 1.35. The predicted molar refractivity (Wildman–Crippen MR) is 106 cm³/mol. The van der Waals surface area contributed by atoms with Crippen LogP contribution in [0, 0.1) is 15.9 Å². The van der Waals surface area contributed by atoms with Crippen molar-refractivity contribution < 1.29 is 23.6 Å². The number of carbonyl (C=O) groups is 2. The molecule has 150 valence electrons. The maximum atomic E-state index is 12.9. The van der Waals surface area contributed by atoms with E-state index in [9.17, 15) is 24.1 Å². The van der Waals surface area contributed by atoms with Crippen LogP contribution in [0.3, 0.4) is 0 Å². The minimum Gasteiger partial charge on any atom is -0.423 e. The smallest absolute Gasteiger partial charge is 0.343 e. The Labute approximate surface area is 169 Å². The zero-order chi connectivity index (χ0) is 21.5. The number of hydrazone groups is 1. The highest BCUT2D eigenvalue weighted by atomic mass is 19.1. The van der Waals surface area contributed by atoms with Gasteiger partial charge in [-0.3, -0.25) is 14.9 Å². The fourth-order valence-electron chi connectivity index (χ4n) is 2.37. The fourth-order valence-corrected chi connectivity index (χ4v) is 2.37. The maximum absolute atomic E-state index is 12.9. The van der Waals surface area contributed by atoms with Crippen LogP contribution >= 0.6 is 0 Å². The Morgan fingerprint density at radius 1 is 1.00 bits per heavy atom. The number of amides is 1. The van der Waals surface area contributed by atoms with Gasteiger partial charge in [0.25, 0.3) is 11.6 Å². The first-order valence-corrected chi connectivity index (χ1v) is 8.58. The number of nitrogens with one attached hydrogen (secondary N) is 1. The molecule has 0 aliphatic heterocycles.